The molecule has 2 heterocycles. The van der Waals surface area contributed by atoms with Crippen LogP contribution in [-0.2, 0) is 9.47 Å². The Morgan fingerprint density at radius 2 is 1.95 bits per heavy atom. The zero-order valence-electron chi connectivity index (χ0n) is 11.7. The molecule has 1 aromatic rings. The van der Waals surface area contributed by atoms with E-state index in [4.69, 9.17) is 9.47 Å². The van der Waals surface area contributed by atoms with Gasteiger partial charge in [-0.3, -0.25) is 4.79 Å². The third-order valence-corrected chi connectivity index (χ3v) is 7.50. The third-order valence-electron chi connectivity index (χ3n) is 4.25. The first-order chi connectivity index (χ1) is 10.0. The fourth-order valence-corrected chi connectivity index (χ4v) is 5.03. The second-order valence-corrected chi connectivity index (χ2v) is 8.71. The number of nitrogens with zero attached hydrogens (tertiary/aromatic N) is 1. The Balaban J connectivity index is 1.63. The highest BCUT2D eigenvalue weighted by molar-refractivity contribution is 9.13. The SMILES string of the molecule is CN(C(=O)c1cc(Br)c(Br)s1)C1CCC2(CC1)OCCO2. The van der Waals surface area contributed by atoms with E-state index >= 15 is 0 Å². The lowest BCUT2D eigenvalue weighted by atomic mass is 9.89. The molecule has 0 unspecified atom stereocenters. The van der Waals surface area contributed by atoms with Crippen molar-refractivity contribution in [2.75, 3.05) is 20.3 Å². The van der Waals surface area contributed by atoms with Crippen LogP contribution in [0.25, 0.3) is 0 Å². The maximum atomic E-state index is 12.6. The van der Waals surface area contributed by atoms with Gasteiger partial charge in [0.05, 0.1) is 21.9 Å². The van der Waals surface area contributed by atoms with Crippen molar-refractivity contribution >= 4 is 49.1 Å². The molecule has 1 saturated heterocycles. The van der Waals surface area contributed by atoms with Crippen LogP contribution < -0.4 is 0 Å². The summed E-state index contributed by atoms with van der Waals surface area (Å²) in [5.74, 6) is -0.282. The number of halogens is 2. The van der Waals surface area contributed by atoms with Gasteiger partial charge >= 0.3 is 0 Å². The quantitative estimate of drug-likeness (QED) is 0.699. The van der Waals surface area contributed by atoms with Gasteiger partial charge in [0, 0.05) is 30.4 Å². The highest BCUT2D eigenvalue weighted by atomic mass is 79.9. The highest BCUT2D eigenvalue weighted by Crippen LogP contribution is 2.38. The first-order valence-corrected chi connectivity index (χ1v) is 9.41. The van der Waals surface area contributed by atoms with Crippen molar-refractivity contribution in [1.29, 1.82) is 0 Å². The Bertz CT molecular complexity index is 513. The van der Waals surface area contributed by atoms with Gasteiger partial charge in [-0.25, -0.2) is 0 Å². The Morgan fingerprint density at radius 1 is 1.33 bits per heavy atom. The predicted molar refractivity (Wildman–Crippen MR) is 88.7 cm³/mol. The standard InChI is InChI=1S/C14H17Br2NO3S/c1-17(13(18)11-8-10(15)12(16)21-11)9-2-4-14(5-3-9)19-6-7-20-14/h8-9H,2-7H2,1H3. The fraction of sp³-hybridized carbons (Fsp3) is 0.643. The molecule has 0 radical (unpaired) electrons. The Hall–Kier alpha value is 0.0500. The van der Waals surface area contributed by atoms with Crippen molar-refractivity contribution in [3.63, 3.8) is 0 Å². The molecular weight excluding hydrogens is 422 g/mol. The van der Waals surface area contributed by atoms with Crippen LogP contribution in [0.15, 0.2) is 14.3 Å². The minimum atomic E-state index is -0.366. The number of thiophene rings is 1. The van der Waals surface area contributed by atoms with Crippen LogP contribution in [-0.4, -0.2) is 42.9 Å². The first kappa shape index (κ1) is 15.9. The van der Waals surface area contributed by atoms with Crippen molar-refractivity contribution in [3.8, 4) is 0 Å². The van der Waals surface area contributed by atoms with Gasteiger partial charge in [-0.2, -0.15) is 0 Å². The average Bonchev–Trinajstić information content (AvgIpc) is 3.06. The van der Waals surface area contributed by atoms with E-state index in [9.17, 15) is 4.79 Å². The molecular formula is C14H17Br2NO3S. The summed E-state index contributed by atoms with van der Waals surface area (Å²) in [5, 5.41) is 0. The average molecular weight is 439 g/mol. The van der Waals surface area contributed by atoms with Crippen molar-refractivity contribution in [1.82, 2.24) is 4.90 Å². The summed E-state index contributed by atoms with van der Waals surface area (Å²) in [4.78, 5) is 15.2. The lowest BCUT2D eigenvalue weighted by molar-refractivity contribution is -0.182. The summed E-state index contributed by atoms with van der Waals surface area (Å²) in [6.07, 6.45) is 3.59. The Kier molecular flexibility index (Phi) is 4.76. The number of hydrogen-bond donors (Lipinski definition) is 0. The molecule has 1 aromatic heterocycles. The molecule has 1 aliphatic heterocycles. The van der Waals surface area contributed by atoms with Crippen molar-refractivity contribution < 1.29 is 14.3 Å². The molecule has 1 aliphatic carbocycles. The zero-order chi connectivity index (χ0) is 15.0. The molecule has 0 N–H and O–H groups in total. The molecule has 2 aliphatic rings. The molecule has 0 aromatic carbocycles. The maximum Gasteiger partial charge on any atom is 0.263 e. The van der Waals surface area contributed by atoms with Crippen LogP contribution >= 0.6 is 43.2 Å². The van der Waals surface area contributed by atoms with E-state index in [0.717, 1.165) is 38.8 Å². The lowest BCUT2D eigenvalue weighted by Crippen LogP contribution is -2.44. The van der Waals surface area contributed by atoms with Gasteiger partial charge in [0.15, 0.2) is 5.79 Å². The van der Waals surface area contributed by atoms with Gasteiger partial charge in [0.1, 0.15) is 0 Å². The van der Waals surface area contributed by atoms with Crippen molar-refractivity contribution in [2.24, 2.45) is 0 Å². The van der Waals surface area contributed by atoms with Gasteiger partial charge in [-0.1, -0.05) is 0 Å². The molecule has 1 saturated carbocycles. The summed E-state index contributed by atoms with van der Waals surface area (Å²) in [5.41, 5.74) is 0. The van der Waals surface area contributed by atoms with Crippen LogP contribution in [0.4, 0.5) is 0 Å². The topological polar surface area (TPSA) is 38.8 Å². The lowest BCUT2D eigenvalue weighted by Gasteiger charge is -2.38. The number of amides is 1. The number of carbonyl (C=O) groups is 1. The largest absolute Gasteiger partial charge is 0.348 e. The van der Waals surface area contributed by atoms with E-state index in [1.165, 1.54) is 11.3 Å². The summed E-state index contributed by atoms with van der Waals surface area (Å²) < 4.78 is 13.4. The van der Waals surface area contributed by atoms with Crippen LogP contribution in [0.1, 0.15) is 35.4 Å². The van der Waals surface area contributed by atoms with E-state index in [2.05, 4.69) is 31.9 Å². The fourth-order valence-electron chi connectivity index (χ4n) is 3.01. The maximum absolute atomic E-state index is 12.6. The third kappa shape index (κ3) is 3.22. The second kappa shape index (κ2) is 6.28. The summed E-state index contributed by atoms with van der Waals surface area (Å²) in [6, 6.07) is 2.14. The first-order valence-electron chi connectivity index (χ1n) is 7.01. The summed E-state index contributed by atoms with van der Waals surface area (Å²) in [7, 11) is 1.89. The molecule has 3 rings (SSSR count). The van der Waals surface area contributed by atoms with Gasteiger partial charge in [0.25, 0.3) is 5.91 Å². The highest BCUT2D eigenvalue weighted by Gasteiger charge is 2.41. The molecule has 1 spiro atoms. The van der Waals surface area contributed by atoms with E-state index < -0.39 is 0 Å². The molecule has 116 valence electrons. The molecule has 21 heavy (non-hydrogen) atoms. The summed E-state index contributed by atoms with van der Waals surface area (Å²) in [6.45, 7) is 1.38. The van der Waals surface area contributed by atoms with E-state index in [1.807, 2.05) is 18.0 Å². The van der Waals surface area contributed by atoms with Gasteiger partial charge in [0.2, 0.25) is 0 Å². The minimum absolute atomic E-state index is 0.0839. The smallest absolute Gasteiger partial charge is 0.263 e. The second-order valence-electron chi connectivity index (χ2n) is 5.49. The molecule has 0 atom stereocenters. The van der Waals surface area contributed by atoms with E-state index in [-0.39, 0.29) is 17.7 Å². The van der Waals surface area contributed by atoms with Crippen molar-refractivity contribution in [2.45, 2.75) is 37.5 Å². The van der Waals surface area contributed by atoms with Gasteiger partial charge < -0.3 is 14.4 Å². The van der Waals surface area contributed by atoms with E-state index in [0.29, 0.717) is 13.2 Å². The molecule has 4 nitrogen and oxygen atoms in total. The number of ether oxygens (including phenoxy) is 2. The normalized spacial score (nSPS) is 21.9. The molecule has 2 fully saturated rings. The van der Waals surface area contributed by atoms with Gasteiger partial charge in [-0.15, -0.1) is 11.3 Å². The minimum Gasteiger partial charge on any atom is -0.348 e. The van der Waals surface area contributed by atoms with Crippen molar-refractivity contribution in [3.05, 3.63) is 19.2 Å². The van der Waals surface area contributed by atoms with Gasteiger partial charge in [-0.05, 0) is 50.8 Å². The number of rotatable bonds is 2. The number of carbonyl (C=O) groups excluding carboxylic acids is 1. The predicted octanol–water partition coefficient (Wildman–Crippen LogP) is 4.03. The van der Waals surface area contributed by atoms with Crippen LogP contribution in [0.5, 0.6) is 0 Å². The molecule has 1 amide bonds. The summed E-state index contributed by atoms with van der Waals surface area (Å²) >= 11 is 8.33. The van der Waals surface area contributed by atoms with Crippen LogP contribution in [0, 0.1) is 0 Å². The van der Waals surface area contributed by atoms with Crippen LogP contribution in [0.3, 0.4) is 0 Å². The zero-order valence-corrected chi connectivity index (χ0v) is 15.7. The monoisotopic (exact) mass is 437 g/mol. The van der Waals surface area contributed by atoms with E-state index in [1.54, 1.807) is 0 Å². The van der Waals surface area contributed by atoms with Crippen LogP contribution in [0.2, 0.25) is 0 Å². The number of hydrogen-bond acceptors (Lipinski definition) is 4. The molecule has 7 heteroatoms. The molecule has 0 bridgehead atoms. The Labute approximate surface area is 145 Å². The Morgan fingerprint density at radius 3 is 2.48 bits per heavy atom.